The van der Waals surface area contributed by atoms with E-state index in [1.165, 1.54) is 12.1 Å². The van der Waals surface area contributed by atoms with Crippen molar-refractivity contribution >= 4 is 63.7 Å². The molecule has 3 N–H and O–H groups in total. The second-order valence-corrected chi connectivity index (χ2v) is 8.20. The summed E-state index contributed by atoms with van der Waals surface area (Å²) in [6.07, 6.45) is -1.12. The Kier molecular flexibility index (Phi) is 7.06. The van der Waals surface area contributed by atoms with E-state index >= 15 is 0 Å². The summed E-state index contributed by atoms with van der Waals surface area (Å²) in [5, 5.41) is 8.37. The minimum atomic E-state index is -1.88. The van der Waals surface area contributed by atoms with Gasteiger partial charge in [-0.25, -0.2) is 4.39 Å². The van der Waals surface area contributed by atoms with Gasteiger partial charge in [0.25, 0.3) is 5.91 Å². The average Bonchev–Trinajstić information content (AvgIpc) is 2.56. The summed E-state index contributed by atoms with van der Waals surface area (Å²) in [5.41, 5.74) is 2.05. The third-order valence-electron chi connectivity index (χ3n) is 3.29. The Morgan fingerprint density at radius 1 is 1.04 bits per heavy atom. The van der Waals surface area contributed by atoms with Crippen molar-refractivity contribution in [3.8, 4) is 0 Å². The van der Waals surface area contributed by atoms with Crippen molar-refractivity contribution in [2.45, 2.75) is 16.9 Å². The SMILES string of the molecule is Cc1ccc(NC(=S)N[C@H](NC(=O)c2ccc(F)cc2)C(Cl)(Cl)Cl)cc1. The van der Waals surface area contributed by atoms with Gasteiger partial charge in [-0.1, -0.05) is 52.5 Å². The van der Waals surface area contributed by atoms with Crippen molar-refractivity contribution in [1.82, 2.24) is 10.6 Å². The third kappa shape index (κ3) is 6.29. The molecule has 26 heavy (non-hydrogen) atoms. The lowest BCUT2D eigenvalue weighted by molar-refractivity contribution is 0.0934. The van der Waals surface area contributed by atoms with Gasteiger partial charge in [0, 0.05) is 11.3 Å². The molecule has 138 valence electrons. The Morgan fingerprint density at radius 2 is 1.62 bits per heavy atom. The molecule has 2 aromatic rings. The molecule has 0 saturated carbocycles. The Balaban J connectivity index is 2.04. The van der Waals surface area contributed by atoms with Crippen LogP contribution in [0.25, 0.3) is 0 Å². The zero-order valence-corrected chi connectivity index (χ0v) is 16.6. The standard InChI is InChI=1S/C17H15Cl3FN3OS/c1-10-2-8-13(9-3-10)22-16(26)24-15(17(18,19)20)23-14(25)11-4-6-12(21)7-5-11/h2-9,15H,1H3,(H,23,25)(H2,22,24,26)/t15-/m0/s1. The first-order valence-corrected chi connectivity index (χ1v) is 8.97. The second kappa shape index (κ2) is 8.86. The molecule has 0 aliphatic heterocycles. The summed E-state index contributed by atoms with van der Waals surface area (Å²) in [6, 6.07) is 12.5. The second-order valence-electron chi connectivity index (χ2n) is 5.42. The van der Waals surface area contributed by atoms with Gasteiger partial charge in [-0.15, -0.1) is 0 Å². The van der Waals surface area contributed by atoms with Gasteiger partial charge in [-0.2, -0.15) is 0 Å². The number of thiocarbonyl (C=S) groups is 1. The van der Waals surface area contributed by atoms with Crippen LogP contribution in [0.4, 0.5) is 10.1 Å². The topological polar surface area (TPSA) is 53.2 Å². The molecule has 2 rings (SSSR count). The molecule has 0 aliphatic carbocycles. The van der Waals surface area contributed by atoms with E-state index in [0.29, 0.717) is 0 Å². The van der Waals surface area contributed by atoms with Crippen LogP contribution in [0.5, 0.6) is 0 Å². The lowest BCUT2D eigenvalue weighted by Gasteiger charge is -2.27. The first kappa shape index (κ1) is 20.7. The molecule has 0 spiro atoms. The number of amides is 1. The van der Waals surface area contributed by atoms with Crippen molar-refractivity contribution in [2.24, 2.45) is 0 Å². The molecule has 0 saturated heterocycles. The summed E-state index contributed by atoms with van der Waals surface area (Å²) in [7, 11) is 0. The Morgan fingerprint density at radius 3 is 2.15 bits per heavy atom. The van der Waals surface area contributed by atoms with E-state index in [2.05, 4.69) is 16.0 Å². The van der Waals surface area contributed by atoms with Crippen LogP contribution in [-0.2, 0) is 0 Å². The Bertz CT molecular complexity index is 779. The molecule has 0 aromatic heterocycles. The predicted octanol–water partition coefficient (Wildman–Crippen LogP) is 4.55. The summed E-state index contributed by atoms with van der Waals surface area (Å²) in [6.45, 7) is 1.96. The summed E-state index contributed by atoms with van der Waals surface area (Å²) >= 11 is 23.0. The van der Waals surface area contributed by atoms with E-state index in [1.54, 1.807) is 0 Å². The highest BCUT2D eigenvalue weighted by atomic mass is 35.6. The van der Waals surface area contributed by atoms with E-state index in [-0.39, 0.29) is 10.7 Å². The van der Waals surface area contributed by atoms with Crippen molar-refractivity contribution in [3.05, 3.63) is 65.5 Å². The minimum Gasteiger partial charge on any atom is -0.339 e. The van der Waals surface area contributed by atoms with Gasteiger partial charge in [0.2, 0.25) is 3.79 Å². The molecule has 4 nitrogen and oxygen atoms in total. The molecular weight excluding hydrogens is 420 g/mol. The molecular formula is C17H15Cl3FN3OS. The van der Waals surface area contributed by atoms with Crippen LogP contribution in [0.15, 0.2) is 48.5 Å². The quantitative estimate of drug-likeness (QED) is 0.375. The van der Waals surface area contributed by atoms with Crippen molar-refractivity contribution in [2.75, 3.05) is 5.32 Å². The molecule has 0 bridgehead atoms. The van der Waals surface area contributed by atoms with Gasteiger partial charge >= 0.3 is 0 Å². The summed E-state index contributed by atoms with van der Waals surface area (Å²) < 4.78 is 11.1. The molecule has 0 fully saturated rings. The number of hydrogen-bond acceptors (Lipinski definition) is 2. The van der Waals surface area contributed by atoms with Crippen LogP contribution in [0, 0.1) is 12.7 Å². The number of rotatable bonds is 4. The molecule has 2 aromatic carbocycles. The van der Waals surface area contributed by atoms with Crippen LogP contribution in [0.1, 0.15) is 15.9 Å². The van der Waals surface area contributed by atoms with E-state index in [1.807, 2.05) is 31.2 Å². The van der Waals surface area contributed by atoms with Crippen LogP contribution in [-0.4, -0.2) is 21.0 Å². The number of benzene rings is 2. The maximum atomic E-state index is 13.0. The fourth-order valence-corrected chi connectivity index (χ4v) is 2.51. The van der Waals surface area contributed by atoms with E-state index < -0.39 is 21.7 Å². The number of carbonyl (C=O) groups is 1. The molecule has 1 amide bonds. The van der Waals surface area contributed by atoms with Crippen LogP contribution in [0.3, 0.4) is 0 Å². The fraction of sp³-hybridized carbons (Fsp3) is 0.176. The molecule has 0 radical (unpaired) electrons. The molecule has 0 heterocycles. The molecule has 9 heteroatoms. The van der Waals surface area contributed by atoms with Crippen molar-refractivity contribution < 1.29 is 9.18 Å². The van der Waals surface area contributed by atoms with Gasteiger partial charge in [0.1, 0.15) is 12.0 Å². The lowest BCUT2D eigenvalue weighted by atomic mass is 10.2. The average molecular weight is 435 g/mol. The highest BCUT2D eigenvalue weighted by molar-refractivity contribution is 7.80. The smallest absolute Gasteiger partial charge is 0.252 e. The van der Waals surface area contributed by atoms with Gasteiger partial charge in [0.05, 0.1) is 0 Å². The summed E-state index contributed by atoms with van der Waals surface area (Å²) in [5.74, 6) is -1.01. The maximum absolute atomic E-state index is 13.0. The third-order valence-corrected chi connectivity index (χ3v) is 4.17. The number of anilines is 1. The van der Waals surface area contributed by atoms with Gasteiger partial charge in [-0.3, -0.25) is 4.79 Å². The van der Waals surface area contributed by atoms with E-state index in [0.717, 1.165) is 23.4 Å². The number of aryl methyl sites for hydroxylation is 1. The van der Waals surface area contributed by atoms with E-state index in [9.17, 15) is 9.18 Å². The number of halogens is 4. The monoisotopic (exact) mass is 433 g/mol. The summed E-state index contributed by atoms with van der Waals surface area (Å²) in [4.78, 5) is 12.3. The van der Waals surface area contributed by atoms with Crippen LogP contribution < -0.4 is 16.0 Å². The van der Waals surface area contributed by atoms with Gasteiger partial charge in [-0.05, 0) is 55.5 Å². The normalized spacial score (nSPS) is 12.2. The van der Waals surface area contributed by atoms with Crippen molar-refractivity contribution in [1.29, 1.82) is 0 Å². The molecule has 0 aliphatic rings. The lowest BCUT2D eigenvalue weighted by Crippen LogP contribution is -2.56. The minimum absolute atomic E-state index is 0.157. The van der Waals surface area contributed by atoms with E-state index in [4.69, 9.17) is 47.0 Å². The fourth-order valence-electron chi connectivity index (χ4n) is 1.95. The first-order valence-electron chi connectivity index (χ1n) is 7.42. The zero-order chi connectivity index (χ0) is 19.3. The zero-order valence-electron chi connectivity index (χ0n) is 13.5. The highest BCUT2D eigenvalue weighted by Crippen LogP contribution is 2.29. The Hall–Kier alpha value is -1.60. The number of alkyl halides is 3. The number of hydrogen-bond donors (Lipinski definition) is 3. The number of carbonyl (C=O) groups excluding carboxylic acids is 1. The largest absolute Gasteiger partial charge is 0.339 e. The van der Waals surface area contributed by atoms with Crippen LogP contribution in [0.2, 0.25) is 0 Å². The first-order chi connectivity index (χ1) is 12.1. The number of nitrogens with one attached hydrogen (secondary N) is 3. The highest BCUT2D eigenvalue weighted by Gasteiger charge is 2.34. The predicted molar refractivity (Wildman–Crippen MR) is 108 cm³/mol. The maximum Gasteiger partial charge on any atom is 0.252 e. The molecule has 1 atom stereocenters. The van der Waals surface area contributed by atoms with Gasteiger partial charge < -0.3 is 16.0 Å². The van der Waals surface area contributed by atoms with Gasteiger partial charge in [0.15, 0.2) is 5.11 Å². The van der Waals surface area contributed by atoms with Crippen molar-refractivity contribution in [3.63, 3.8) is 0 Å². The van der Waals surface area contributed by atoms with Crippen LogP contribution >= 0.6 is 47.0 Å². The Labute approximate surface area is 171 Å². The molecule has 0 unspecified atom stereocenters.